The molecule has 0 atom stereocenters. The molecule has 1 saturated heterocycles. The number of benzene rings is 1. The van der Waals surface area contributed by atoms with E-state index in [0.29, 0.717) is 11.5 Å². The second kappa shape index (κ2) is 12.9. The molecule has 1 aliphatic carbocycles. The van der Waals surface area contributed by atoms with Gasteiger partial charge in [-0.25, -0.2) is 17.6 Å². The quantitative estimate of drug-likeness (QED) is 0.178. The fourth-order valence-electron chi connectivity index (χ4n) is 5.69. The maximum absolute atomic E-state index is 14.2. The van der Waals surface area contributed by atoms with Gasteiger partial charge in [-0.15, -0.1) is 0 Å². The zero-order valence-electron chi connectivity index (χ0n) is 18.9. The van der Waals surface area contributed by atoms with E-state index < -0.39 is 39.2 Å². The van der Waals surface area contributed by atoms with Gasteiger partial charge >= 0.3 is 0 Å². The van der Waals surface area contributed by atoms with Crippen LogP contribution in [0.5, 0.6) is 5.75 Å². The summed E-state index contributed by atoms with van der Waals surface area (Å²) in [6, 6.07) is 6.69. The zero-order chi connectivity index (χ0) is 22.9. The molecule has 3 rings (SSSR count). The Kier molecular flexibility index (Phi) is 10.3. The van der Waals surface area contributed by atoms with Gasteiger partial charge in [-0.1, -0.05) is 50.2 Å². The summed E-state index contributed by atoms with van der Waals surface area (Å²) >= 11 is 0. The van der Waals surface area contributed by atoms with Gasteiger partial charge in [-0.05, 0) is 67.6 Å². The van der Waals surface area contributed by atoms with E-state index in [1.807, 2.05) is 0 Å². The molecule has 0 N–H and O–H groups in total. The molecule has 182 valence electrons. The summed E-state index contributed by atoms with van der Waals surface area (Å²) in [5, 5.41) is 0. The Balaban J connectivity index is 1.38. The van der Waals surface area contributed by atoms with Crippen LogP contribution in [-0.2, 0) is 0 Å². The molecule has 1 heterocycles. The lowest BCUT2D eigenvalue weighted by molar-refractivity contribution is 0.0777. The molecule has 1 saturated carbocycles. The lowest BCUT2D eigenvalue weighted by atomic mass is 9.76. The molecule has 1 aromatic rings. The first-order chi connectivity index (χ1) is 15.5. The van der Waals surface area contributed by atoms with E-state index in [1.165, 1.54) is 55.9 Å². The number of alkyl halides is 3. The summed E-state index contributed by atoms with van der Waals surface area (Å²) in [6.45, 7) is -1.18. The van der Waals surface area contributed by atoms with Gasteiger partial charge in [0.2, 0.25) is 0 Å². The van der Waals surface area contributed by atoms with Crippen LogP contribution in [0.3, 0.4) is 0 Å². The van der Waals surface area contributed by atoms with Gasteiger partial charge in [0.15, 0.2) is 17.4 Å². The Morgan fingerprint density at radius 3 is 2.03 bits per heavy atom. The van der Waals surface area contributed by atoms with Gasteiger partial charge in [0.05, 0.1) is 6.67 Å². The Bertz CT molecular complexity index is 662. The van der Waals surface area contributed by atoms with E-state index in [1.54, 1.807) is 0 Å². The average Bonchev–Trinajstić information content (AvgIpc) is 2.78. The minimum absolute atomic E-state index is 0.116. The lowest BCUT2D eigenvalue weighted by Crippen LogP contribution is -2.22. The van der Waals surface area contributed by atoms with Gasteiger partial charge in [0.25, 0.3) is 6.43 Å². The molecule has 0 amide bonds. The first-order valence-corrected chi connectivity index (χ1v) is 14.9. The Labute approximate surface area is 190 Å². The summed E-state index contributed by atoms with van der Waals surface area (Å²) in [5.74, 6) is -0.845. The maximum Gasteiger partial charge on any atom is 0.272 e. The van der Waals surface area contributed by atoms with Crippen molar-refractivity contribution < 1.29 is 26.7 Å². The van der Waals surface area contributed by atoms with E-state index in [-0.39, 0.29) is 12.6 Å². The Morgan fingerprint density at radius 1 is 0.875 bits per heavy atom. The van der Waals surface area contributed by atoms with Crippen LogP contribution in [0, 0.1) is 23.5 Å². The monoisotopic (exact) mass is 476 g/mol. The van der Waals surface area contributed by atoms with Gasteiger partial charge in [0, 0.05) is 8.80 Å². The van der Waals surface area contributed by atoms with Crippen molar-refractivity contribution in [3.05, 3.63) is 29.3 Å². The largest absolute Gasteiger partial charge is 0.482 e. The highest BCUT2D eigenvalue weighted by atomic mass is 28.3. The third kappa shape index (κ3) is 7.74. The molecular weight excluding hydrogens is 439 g/mol. The number of ether oxygens (including phenoxy) is 1. The van der Waals surface area contributed by atoms with E-state index in [4.69, 9.17) is 0 Å². The molecule has 1 aromatic carbocycles. The van der Waals surface area contributed by atoms with Crippen LogP contribution in [0.2, 0.25) is 18.1 Å². The highest BCUT2D eigenvalue weighted by Gasteiger charge is 2.27. The predicted molar refractivity (Wildman–Crippen MR) is 121 cm³/mol. The number of halogens is 5. The summed E-state index contributed by atoms with van der Waals surface area (Å²) in [6.07, 6.45) is 8.29. The fourth-order valence-corrected chi connectivity index (χ4v) is 9.31. The van der Waals surface area contributed by atoms with Crippen molar-refractivity contribution in [2.24, 2.45) is 11.8 Å². The molecule has 32 heavy (non-hydrogen) atoms. The molecule has 0 aromatic heterocycles. The van der Waals surface area contributed by atoms with Crippen molar-refractivity contribution in [1.82, 2.24) is 0 Å². The number of hydrogen-bond donors (Lipinski definition) is 0. The number of hydrogen-bond acceptors (Lipinski definition) is 1. The molecule has 1 aliphatic heterocycles. The van der Waals surface area contributed by atoms with E-state index in [0.717, 1.165) is 44.4 Å². The van der Waals surface area contributed by atoms with Crippen molar-refractivity contribution in [3.8, 4) is 5.75 Å². The van der Waals surface area contributed by atoms with Crippen molar-refractivity contribution in [2.75, 3.05) is 13.3 Å². The van der Waals surface area contributed by atoms with E-state index in [9.17, 15) is 22.0 Å². The fraction of sp³-hybridized carbons (Fsp3) is 0.760. The van der Waals surface area contributed by atoms with Crippen molar-refractivity contribution in [2.45, 2.75) is 94.7 Å². The second-order valence-electron chi connectivity index (χ2n) is 9.88. The Morgan fingerprint density at radius 2 is 1.47 bits per heavy atom. The lowest BCUT2D eigenvalue weighted by Gasteiger charge is -2.32. The van der Waals surface area contributed by atoms with Gasteiger partial charge < -0.3 is 4.74 Å². The van der Waals surface area contributed by atoms with E-state index >= 15 is 0 Å². The number of rotatable bonds is 11. The summed E-state index contributed by atoms with van der Waals surface area (Å²) in [5.41, 5.74) is 0.610. The van der Waals surface area contributed by atoms with Crippen molar-refractivity contribution in [1.29, 1.82) is 0 Å². The van der Waals surface area contributed by atoms with Crippen LogP contribution in [0.25, 0.3) is 0 Å². The standard InChI is InChI=1S/C25H37F5OSi/c26-11-1-2-12-32-13-9-19(10-14-32)4-3-18-5-7-20(8-6-18)21-15-22(27)25(23(28)16-21)31-17-24(29)30/h15-16,18-20,24,32H,1-14,17H2/t18-,19?,20-,32?. The van der Waals surface area contributed by atoms with Gasteiger partial charge in [-0.2, -0.15) is 0 Å². The topological polar surface area (TPSA) is 9.23 Å². The van der Waals surface area contributed by atoms with Crippen LogP contribution >= 0.6 is 0 Å². The minimum Gasteiger partial charge on any atom is -0.482 e. The first kappa shape index (κ1) is 25.5. The minimum atomic E-state index is -2.77. The molecule has 2 fully saturated rings. The highest BCUT2D eigenvalue weighted by molar-refractivity contribution is 6.58. The third-order valence-electron chi connectivity index (χ3n) is 7.64. The summed E-state index contributed by atoms with van der Waals surface area (Å²) in [7, 11) is -0.595. The molecule has 1 nitrogen and oxygen atoms in total. The van der Waals surface area contributed by atoms with Gasteiger partial charge in [0.1, 0.15) is 6.61 Å². The highest BCUT2D eigenvalue weighted by Crippen LogP contribution is 2.41. The number of unbranched alkanes of at least 4 members (excludes halogenated alkanes) is 1. The molecule has 0 unspecified atom stereocenters. The van der Waals surface area contributed by atoms with Crippen LogP contribution in [0.4, 0.5) is 22.0 Å². The smallest absolute Gasteiger partial charge is 0.272 e. The van der Waals surface area contributed by atoms with Crippen LogP contribution in [0.15, 0.2) is 12.1 Å². The van der Waals surface area contributed by atoms with Crippen LogP contribution in [-0.4, -0.2) is 28.5 Å². The molecule has 0 spiro atoms. The molecular formula is C25H37F5OSi. The van der Waals surface area contributed by atoms with Crippen molar-refractivity contribution >= 4 is 8.80 Å². The molecule has 0 bridgehead atoms. The maximum atomic E-state index is 14.2. The average molecular weight is 477 g/mol. The van der Waals surface area contributed by atoms with Crippen molar-refractivity contribution in [3.63, 3.8) is 0 Å². The Hall–Kier alpha value is -1.11. The van der Waals surface area contributed by atoms with Gasteiger partial charge in [-0.3, -0.25) is 4.39 Å². The van der Waals surface area contributed by atoms with Crippen LogP contribution in [0.1, 0.15) is 75.7 Å². The first-order valence-electron chi connectivity index (χ1n) is 12.4. The molecule has 2 aliphatic rings. The summed E-state index contributed by atoms with van der Waals surface area (Å²) in [4.78, 5) is 0. The second-order valence-corrected chi connectivity index (χ2v) is 13.3. The SMILES string of the molecule is FCCCC[SiH]1CCC(CC[C@H]2CC[C@H](c3cc(F)c(OCC(F)F)c(F)c3)CC2)CC1. The molecule has 0 radical (unpaired) electrons. The van der Waals surface area contributed by atoms with Crippen LogP contribution < -0.4 is 4.74 Å². The zero-order valence-corrected chi connectivity index (χ0v) is 20.1. The third-order valence-corrected chi connectivity index (χ3v) is 11.2. The molecule has 7 heteroatoms. The normalized spacial score (nSPS) is 26.4. The van der Waals surface area contributed by atoms with E-state index in [2.05, 4.69) is 4.74 Å². The predicted octanol–water partition coefficient (Wildman–Crippen LogP) is 8.05. The summed E-state index contributed by atoms with van der Waals surface area (Å²) < 4.78 is 69.8.